The zero-order chi connectivity index (χ0) is 15.5. The predicted octanol–water partition coefficient (Wildman–Crippen LogP) is 2.40. The van der Waals surface area contributed by atoms with E-state index in [0.717, 1.165) is 19.3 Å². The summed E-state index contributed by atoms with van der Waals surface area (Å²) in [5.74, 6) is 0.416. The molecule has 0 atom stereocenters. The summed E-state index contributed by atoms with van der Waals surface area (Å²) in [5.41, 5.74) is 6.63. The van der Waals surface area contributed by atoms with Crippen molar-refractivity contribution in [3.05, 3.63) is 23.8 Å². The average molecular weight is 328 g/mol. The molecule has 0 aromatic heterocycles. The fourth-order valence-corrected chi connectivity index (χ4v) is 4.26. The first-order valence-electron chi connectivity index (χ1n) is 6.93. The molecule has 3 N–H and O–H groups in total. The van der Waals surface area contributed by atoms with Crippen LogP contribution in [0.2, 0.25) is 0 Å². The van der Waals surface area contributed by atoms with E-state index in [9.17, 15) is 8.42 Å². The Balaban J connectivity index is 2.23. The van der Waals surface area contributed by atoms with Gasteiger partial charge in [0.25, 0.3) is 0 Å². The lowest BCUT2D eigenvalue weighted by Crippen LogP contribution is -2.29. The normalized spacial score (nSPS) is 16.4. The van der Waals surface area contributed by atoms with Gasteiger partial charge in [-0.15, -0.1) is 0 Å². The third-order valence-electron chi connectivity index (χ3n) is 3.73. The molecule has 1 fully saturated rings. The molecule has 2 rings (SSSR count). The zero-order valence-corrected chi connectivity index (χ0v) is 13.6. The van der Waals surface area contributed by atoms with Crippen molar-refractivity contribution in [3.8, 4) is 5.75 Å². The second-order valence-electron chi connectivity index (χ2n) is 5.19. The molecule has 0 radical (unpaired) electrons. The molecule has 1 saturated carbocycles. The van der Waals surface area contributed by atoms with Crippen LogP contribution >= 0.6 is 12.2 Å². The van der Waals surface area contributed by atoms with Crippen LogP contribution in [0.4, 0.5) is 5.69 Å². The lowest BCUT2D eigenvalue weighted by molar-refractivity contribution is 0.416. The van der Waals surface area contributed by atoms with Crippen LogP contribution in [-0.4, -0.2) is 25.8 Å². The molecule has 116 valence electrons. The summed E-state index contributed by atoms with van der Waals surface area (Å²) in [6.45, 7) is 0. The van der Waals surface area contributed by atoms with E-state index in [1.807, 2.05) is 0 Å². The Morgan fingerprint density at radius 1 is 1.33 bits per heavy atom. The van der Waals surface area contributed by atoms with E-state index in [1.165, 1.54) is 7.11 Å². The molecular formula is C14H20N2O3S2. The topological polar surface area (TPSA) is 81.4 Å². The van der Waals surface area contributed by atoms with Crippen molar-refractivity contribution >= 4 is 32.9 Å². The first kappa shape index (κ1) is 16.0. The molecule has 7 heteroatoms. The highest BCUT2D eigenvalue weighted by molar-refractivity contribution is 7.93. The minimum atomic E-state index is -3.40. The van der Waals surface area contributed by atoms with Gasteiger partial charge in [-0.2, -0.15) is 0 Å². The number of hydrogen-bond donors (Lipinski definition) is 2. The second kappa shape index (κ2) is 6.62. The molecule has 1 aliphatic carbocycles. The molecule has 0 bridgehead atoms. The van der Waals surface area contributed by atoms with Crippen LogP contribution in [0.15, 0.2) is 18.2 Å². The number of anilines is 1. The monoisotopic (exact) mass is 328 g/mol. The Bertz CT molecular complexity index is 623. The Morgan fingerprint density at radius 2 is 2.00 bits per heavy atom. The minimum Gasteiger partial charge on any atom is -0.495 e. The Kier molecular flexibility index (Phi) is 5.05. The molecule has 1 aliphatic rings. The highest BCUT2D eigenvalue weighted by Crippen LogP contribution is 2.30. The number of nitrogens with one attached hydrogen (secondary N) is 1. The van der Waals surface area contributed by atoms with Gasteiger partial charge in [-0.1, -0.05) is 31.5 Å². The van der Waals surface area contributed by atoms with Crippen molar-refractivity contribution in [2.45, 2.75) is 37.4 Å². The van der Waals surface area contributed by atoms with Crippen molar-refractivity contribution in [1.29, 1.82) is 0 Å². The lowest BCUT2D eigenvalue weighted by atomic mass is 10.0. The van der Waals surface area contributed by atoms with Gasteiger partial charge >= 0.3 is 0 Å². The third-order valence-corrected chi connectivity index (χ3v) is 5.82. The van der Waals surface area contributed by atoms with Gasteiger partial charge in [0.05, 0.1) is 18.0 Å². The summed E-state index contributed by atoms with van der Waals surface area (Å²) in [5, 5.41) is -0.328. The molecule has 5 nitrogen and oxygen atoms in total. The molecule has 1 aromatic carbocycles. The number of rotatable bonds is 5. The summed E-state index contributed by atoms with van der Waals surface area (Å²) in [4.78, 5) is 0.245. The van der Waals surface area contributed by atoms with E-state index in [1.54, 1.807) is 18.2 Å². The maximum atomic E-state index is 12.4. The van der Waals surface area contributed by atoms with Gasteiger partial charge in [0.15, 0.2) is 0 Å². The standard InChI is InChI=1S/C14H20N2O3S2/c1-19-13-9-10(14(15)20)7-8-12(13)16-21(17,18)11-5-3-2-4-6-11/h7-9,11,16H,2-6H2,1H3,(H2,15,20). The van der Waals surface area contributed by atoms with E-state index < -0.39 is 10.0 Å². The first-order valence-corrected chi connectivity index (χ1v) is 8.89. The average Bonchev–Trinajstić information content (AvgIpc) is 2.48. The summed E-state index contributed by atoms with van der Waals surface area (Å²) >= 11 is 4.91. The van der Waals surface area contributed by atoms with Crippen molar-refractivity contribution in [1.82, 2.24) is 0 Å². The number of benzene rings is 1. The zero-order valence-electron chi connectivity index (χ0n) is 12.0. The molecule has 1 aromatic rings. The molecule has 0 spiro atoms. The van der Waals surface area contributed by atoms with E-state index >= 15 is 0 Å². The Morgan fingerprint density at radius 3 is 2.57 bits per heavy atom. The molecule has 0 saturated heterocycles. The van der Waals surface area contributed by atoms with Crippen LogP contribution in [0.1, 0.15) is 37.7 Å². The smallest absolute Gasteiger partial charge is 0.235 e. The highest BCUT2D eigenvalue weighted by atomic mass is 32.2. The number of thiocarbonyl (C=S) groups is 1. The third kappa shape index (κ3) is 3.85. The van der Waals surface area contributed by atoms with Crippen LogP contribution in [0.3, 0.4) is 0 Å². The van der Waals surface area contributed by atoms with Crippen LogP contribution < -0.4 is 15.2 Å². The Labute approximate surface area is 130 Å². The first-order chi connectivity index (χ1) is 9.94. The number of hydrogen-bond acceptors (Lipinski definition) is 4. The quantitative estimate of drug-likeness (QED) is 0.811. The minimum absolute atomic E-state index is 0.245. The van der Waals surface area contributed by atoms with Gasteiger partial charge < -0.3 is 10.5 Å². The van der Waals surface area contributed by atoms with Gasteiger partial charge in [-0.05, 0) is 31.0 Å². The molecule has 0 aliphatic heterocycles. The fraction of sp³-hybridized carbons (Fsp3) is 0.500. The number of sulfonamides is 1. The van der Waals surface area contributed by atoms with Crippen LogP contribution in [0, 0.1) is 0 Å². The number of methoxy groups -OCH3 is 1. The van der Waals surface area contributed by atoms with Crippen molar-refractivity contribution in [2.75, 3.05) is 11.8 Å². The lowest BCUT2D eigenvalue weighted by Gasteiger charge is -2.23. The van der Waals surface area contributed by atoms with E-state index in [4.69, 9.17) is 22.7 Å². The SMILES string of the molecule is COc1cc(C(N)=S)ccc1NS(=O)(=O)C1CCCCC1. The highest BCUT2D eigenvalue weighted by Gasteiger charge is 2.28. The van der Waals surface area contributed by atoms with Gasteiger partial charge in [-0.3, -0.25) is 4.72 Å². The maximum Gasteiger partial charge on any atom is 0.235 e. The van der Waals surface area contributed by atoms with Gasteiger partial charge in [0.2, 0.25) is 10.0 Å². The maximum absolute atomic E-state index is 12.4. The van der Waals surface area contributed by atoms with Crippen molar-refractivity contribution in [3.63, 3.8) is 0 Å². The molecule has 21 heavy (non-hydrogen) atoms. The summed E-state index contributed by atoms with van der Waals surface area (Å²) in [6, 6.07) is 4.96. The van der Waals surface area contributed by atoms with Crippen molar-refractivity contribution < 1.29 is 13.2 Å². The number of ether oxygens (including phenoxy) is 1. The summed E-state index contributed by atoms with van der Waals surface area (Å²) < 4.78 is 32.7. The predicted molar refractivity (Wildman–Crippen MR) is 88.3 cm³/mol. The van der Waals surface area contributed by atoms with Gasteiger partial charge in [0.1, 0.15) is 10.7 Å². The second-order valence-corrected chi connectivity index (χ2v) is 7.59. The summed E-state index contributed by atoms with van der Waals surface area (Å²) in [6.07, 6.45) is 4.45. The van der Waals surface area contributed by atoms with Gasteiger partial charge in [0, 0.05) is 5.56 Å². The number of nitrogens with two attached hydrogens (primary N) is 1. The van der Waals surface area contributed by atoms with E-state index in [0.29, 0.717) is 29.8 Å². The Hall–Kier alpha value is -1.34. The molecule has 0 heterocycles. The van der Waals surface area contributed by atoms with E-state index in [2.05, 4.69) is 4.72 Å². The van der Waals surface area contributed by atoms with E-state index in [-0.39, 0.29) is 10.2 Å². The molecule has 0 unspecified atom stereocenters. The molecule has 0 amide bonds. The van der Waals surface area contributed by atoms with Gasteiger partial charge in [-0.25, -0.2) is 8.42 Å². The van der Waals surface area contributed by atoms with Crippen LogP contribution in [-0.2, 0) is 10.0 Å². The van der Waals surface area contributed by atoms with Crippen LogP contribution in [0.5, 0.6) is 5.75 Å². The van der Waals surface area contributed by atoms with Crippen LogP contribution in [0.25, 0.3) is 0 Å². The largest absolute Gasteiger partial charge is 0.495 e. The fourth-order valence-electron chi connectivity index (χ4n) is 2.54. The molecular weight excluding hydrogens is 308 g/mol. The van der Waals surface area contributed by atoms with Crippen molar-refractivity contribution in [2.24, 2.45) is 5.73 Å². The summed E-state index contributed by atoms with van der Waals surface area (Å²) in [7, 11) is -1.91.